The summed E-state index contributed by atoms with van der Waals surface area (Å²) in [6, 6.07) is 12.1. The molecule has 3 N–H and O–H groups in total. The van der Waals surface area contributed by atoms with Crippen molar-refractivity contribution in [2.75, 3.05) is 0 Å². The van der Waals surface area contributed by atoms with Crippen LogP contribution in [0.1, 0.15) is 49.3 Å². The molecule has 0 aliphatic rings. The molecule has 0 aliphatic heterocycles. The Bertz CT molecular complexity index is 927. The largest absolute Gasteiger partial charge is 0.456 e. The van der Waals surface area contributed by atoms with Crippen molar-refractivity contribution in [1.29, 1.82) is 10.8 Å². The molecule has 0 spiro atoms. The average Bonchev–Trinajstić information content (AvgIpc) is 2.60. The maximum atomic E-state index is 12.2. The number of H-pyrrole nitrogens is 1. The Labute approximate surface area is 163 Å². The Morgan fingerprint density at radius 3 is 2.39 bits per heavy atom. The average molecular weight is 383 g/mol. The molecule has 0 saturated carbocycles. The maximum absolute atomic E-state index is 12.2. The third-order valence-corrected chi connectivity index (χ3v) is 3.77. The summed E-state index contributed by atoms with van der Waals surface area (Å²) in [7, 11) is 0. The standard InChI is InChI=1S/C21H25N3O4/c1-13(10-14-8-6-5-7-9-14)18(22)27-19(23)16-11-15(12-17(25)24-16)20(26)28-21(2,3)4/h5-9,11-13,22-23H,10H2,1-4H3,(H,24,25). The lowest BCUT2D eigenvalue weighted by Gasteiger charge is -2.19. The van der Waals surface area contributed by atoms with Crippen LogP contribution in [0, 0.1) is 16.7 Å². The lowest BCUT2D eigenvalue weighted by Crippen LogP contribution is -2.26. The molecule has 0 radical (unpaired) electrons. The van der Waals surface area contributed by atoms with Crippen molar-refractivity contribution in [1.82, 2.24) is 4.98 Å². The number of aromatic nitrogens is 1. The Balaban J connectivity index is 2.10. The van der Waals surface area contributed by atoms with Crippen molar-refractivity contribution in [2.24, 2.45) is 5.92 Å². The minimum absolute atomic E-state index is 0.00465. The number of hydrogen-bond acceptors (Lipinski definition) is 6. The number of carbonyl (C=O) groups excluding carboxylic acids is 1. The van der Waals surface area contributed by atoms with E-state index in [9.17, 15) is 9.59 Å². The van der Waals surface area contributed by atoms with Gasteiger partial charge in [-0.3, -0.25) is 15.6 Å². The van der Waals surface area contributed by atoms with Crippen molar-refractivity contribution < 1.29 is 14.3 Å². The number of ether oxygens (including phenoxy) is 2. The number of hydrogen-bond donors (Lipinski definition) is 3. The third-order valence-electron chi connectivity index (χ3n) is 3.77. The van der Waals surface area contributed by atoms with Crippen LogP contribution in [0.25, 0.3) is 0 Å². The molecule has 0 saturated heterocycles. The second-order valence-corrected chi connectivity index (χ2v) is 7.54. The van der Waals surface area contributed by atoms with Crippen molar-refractivity contribution in [3.8, 4) is 0 Å². The lowest BCUT2D eigenvalue weighted by atomic mass is 10.0. The highest BCUT2D eigenvalue weighted by atomic mass is 16.6. The van der Waals surface area contributed by atoms with Crippen molar-refractivity contribution in [2.45, 2.75) is 39.7 Å². The predicted molar refractivity (Wildman–Crippen MR) is 107 cm³/mol. The molecule has 1 unspecified atom stereocenters. The van der Waals surface area contributed by atoms with Crippen LogP contribution in [-0.4, -0.2) is 28.3 Å². The fourth-order valence-corrected chi connectivity index (χ4v) is 2.45. The quantitative estimate of drug-likeness (QED) is 0.416. The van der Waals surface area contributed by atoms with Gasteiger partial charge in [-0.05, 0) is 38.8 Å². The van der Waals surface area contributed by atoms with Crippen molar-refractivity contribution in [3.63, 3.8) is 0 Å². The topological polar surface area (TPSA) is 116 Å². The van der Waals surface area contributed by atoms with Crippen LogP contribution in [0.5, 0.6) is 0 Å². The summed E-state index contributed by atoms with van der Waals surface area (Å²) in [5.74, 6) is -1.44. The SMILES string of the molecule is CC(Cc1ccccc1)C(=N)OC(=N)c1cc(C(=O)OC(C)(C)C)cc(=O)[nH]1. The highest BCUT2D eigenvalue weighted by Crippen LogP contribution is 2.13. The van der Waals surface area contributed by atoms with E-state index in [0.717, 1.165) is 11.6 Å². The molecule has 0 bridgehead atoms. The van der Waals surface area contributed by atoms with Crippen LogP contribution < -0.4 is 5.56 Å². The fourth-order valence-electron chi connectivity index (χ4n) is 2.45. The smallest absolute Gasteiger partial charge is 0.338 e. The Kier molecular flexibility index (Phi) is 6.51. The summed E-state index contributed by atoms with van der Waals surface area (Å²) < 4.78 is 10.6. The molecule has 0 amide bonds. The zero-order valence-corrected chi connectivity index (χ0v) is 16.5. The zero-order valence-electron chi connectivity index (χ0n) is 16.5. The van der Waals surface area contributed by atoms with Gasteiger partial charge in [-0.15, -0.1) is 0 Å². The monoisotopic (exact) mass is 383 g/mol. The number of rotatable bonds is 5. The lowest BCUT2D eigenvalue weighted by molar-refractivity contribution is 0.00692. The van der Waals surface area contributed by atoms with Gasteiger partial charge in [-0.1, -0.05) is 37.3 Å². The first-order valence-electron chi connectivity index (χ1n) is 8.92. The first-order valence-corrected chi connectivity index (χ1v) is 8.92. The van der Waals surface area contributed by atoms with Crippen LogP contribution in [0.3, 0.4) is 0 Å². The number of nitrogens with one attached hydrogen (secondary N) is 3. The molecule has 28 heavy (non-hydrogen) atoms. The molecule has 0 fully saturated rings. The molecular formula is C21H25N3O4. The molecule has 7 heteroatoms. The summed E-state index contributed by atoms with van der Waals surface area (Å²) in [5, 5.41) is 16.1. The van der Waals surface area contributed by atoms with Gasteiger partial charge >= 0.3 is 5.97 Å². The normalized spacial score (nSPS) is 12.1. The van der Waals surface area contributed by atoms with Crippen LogP contribution in [0.2, 0.25) is 0 Å². The highest BCUT2D eigenvalue weighted by Gasteiger charge is 2.21. The van der Waals surface area contributed by atoms with E-state index in [4.69, 9.17) is 20.3 Å². The van der Waals surface area contributed by atoms with Gasteiger partial charge in [0.25, 0.3) is 0 Å². The van der Waals surface area contributed by atoms with E-state index >= 15 is 0 Å². The van der Waals surface area contributed by atoms with E-state index in [1.54, 1.807) is 20.8 Å². The first kappa shape index (κ1) is 21.1. The molecule has 2 rings (SSSR count). The van der Waals surface area contributed by atoms with E-state index in [1.807, 2.05) is 37.3 Å². The first-order chi connectivity index (χ1) is 13.0. The Hall–Kier alpha value is -3.22. The van der Waals surface area contributed by atoms with Gasteiger partial charge in [0.1, 0.15) is 11.3 Å². The van der Waals surface area contributed by atoms with Crippen LogP contribution in [0.4, 0.5) is 0 Å². The highest BCUT2D eigenvalue weighted by molar-refractivity contribution is 6.00. The van der Waals surface area contributed by atoms with Gasteiger partial charge in [-0.25, -0.2) is 4.79 Å². The maximum Gasteiger partial charge on any atom is 0.338 e. The fraction of sp³-hybridized carbons (Fsp3) is 0.333. The van der Waals surface area contributed by atoms with Gasteiger partial charge in [0, 0.05) is 12.0 Å². The minimum atomic E-state index is -0.709. The Morgan fingerprint density at radius 1 is 1.14 bits per heavy atom. The Morgan fingerprint density at radius 2 is 1.79 bits per heavy atom. The molecule has 7 nitrogen and oxygen atoms in total. The van der Waals surface area contributed by atoms with Crippen LogP contribution in [0.15, 0.2) is 47.3 Å². The second-order valence-electron chi connectivity index (χ2n) is 7.54. The van der Waals surface area contributed by atoms with E-state index in [-0.39, 0.29) is 23.1 Å². The molecule has 0 aliphatic carbocycles. The van der Waals surface area contributed by atoms with Crippen molar-refractivity contribution >= 4 is 17.8 Å². The van der Waals surface area contributed by atoms with E-state index < -0.39 is 23.0 Å². The number of pyridine rings is 1. The summed E-state index contributed by atoms with van der Waals surface area (Å²) in [6.45, 7) is 6.99. The zero-order chi connectivity index (χ0) is 20.9. The van der Waals surface area contributed by atoms with Gasteiger partial charge in [0.05, 0.1) is 5.56 Å². The number of aromatic amines is 1. The number of esters is 1. The predicted octanol–water partition coefficient (Wildman–Crippen LogP) is 3.53. The van der Waals surface area contributed by atoms with E-state index in [2.05, 4.69) is 4.98 Å². The van der Waals surface area contributed by atoms with Crippen LogP contribution in [-0.2, 0) is 15.9 Å². The third kappa shape index (κ3) is 6.19. The van der Waals surface area contributed by atoms with Gasteiger partial charge in [-0.2, -0.15) is 0 Å². The summed E-state index contributed by atoms with van der Waals surface area (Å²) in [5.41, 5.74) is -0.194. The summed E-state index contributed by atoms with van der Waals surface area (Å²) >= 11 is 0. The minimum Gasteiger partial charge on any atom is -0.456 e. The van der Waals surface area contributed by atoms with E-state index in [1.165, 1.54) is 6.07 Å². The number of carbonyl (C=O) groups is 1. The van der Waals surface area contributed by atoms with Gasteiger partial charge in [0.2, 0.25) is 11.5 Å². The van der Waals surface area contributed by atoms with Gasteiger partial charge in [0.15, 0.2) is 5.90 Å². The second kappa shape index (κ2) is 8.65. The summed E-state index contributed by atoms with van der Waals surface area (Å²) in [4.78, 5) is 26.5. The molecule has 1 heterocycles. The molecular weight excluding hydrogens is 358 g/mol. The van der Waals surface area contributed by atoms with E-state index in [0.29, 0.717) is 6.42 Å². The summed E-state index contributed by atoms with van der Waals surface area (Å²) in [6.07, 6.45) is 0.585. The molecule has 148 valence electrons. The number of benzene rings is 1. The molecule has 1 aromatic heterocycles. The molecule has 2 aromatic rings. The molecule has 1 aromatic carbocycles. The van der Waals surface area contributed by atoms with Crippen LogP contribution >= 0.6 is 0 Å². The van der Waals surface area contributed by atoms with Gasteiger partial charge < -0.3 is 14.5 Å². The molecule has 1 atom stereocenters. The van der Waals surface area contributed by atoms with Crippen molar-refractivity contribution in [3.05, 3.63) is 69.6 Å².